The number of anilines is 1. The molecule has 1 aliphatic heterocycles. The third-order valence-corrected chi connectivity index (χ3v) is 9.71. The Hall–Kier alpha value is -1.92. The number of fused-ring (bicyclic) bond motifs is 1. The molecule has 1 fully saturated rings. The highest BCUT2D eigenvalue weighted by Crippen LogP contribution is 2.32. The molecular formula is C21H25FN4O3S3. The largest absolute Gasteiger partial charge is 0.308 e. The zero-order valence-electron chi connectivity index (χ0n) is 17.9. The van der Waals surface area contributed by atoms with Crippen LogP contribution in [0.5, 0.6) is 0 Å². The Balaban J connectivity index is 1.59. The first-order chi connectivity index (χ1) is 15.3. The van der Waals surface area contributed by atoms with Gasteiger partial charge in [-0.05, 0) is 56.6 Å². The number of hydrogen-bond acceptors (Lipinski definition) is 7. The second kappa shape index (κ2) is 9.52. The molecule has 1 saturated heterocycles. The van der Waals surface area contributed by atoms with E-state index in [1.807, 2.05) is 19.0 Å². The number of hydrogen-bond donors (Lipinski definition) is 0. The Morgan fingerprint density at radius 1 is 1.28 bits per heavy atom. The van der Waals surface area contributed by atoms with Crippen molar-refractivity contribution in [1.29, 1.82) is 0 Å². The molecule has 0 spiro atoms. The minimum absolute atomic E-state index is 0.141. The van der Waals surface area contributed by atoms with Crippen LogP contribution in [0, 0.1) is 11.7 Å². The minimum atomic E-state index is -3.61. The molecule has 0 saturated carbocycles. The summed E-state index contributed by atoms with van der Waals surface area (Å²) in [4.78, 5) is 21.8. The number of aromatic nitrogens is 1. The maximum absolute atomic E-state index is 13.7. The number of halogens is 1. The van der Waals surface area contributed by atoms with Crippen molar-refractivity contribution in [2.24, 2.45) is 5.92 Å². The highest BCUT2D eigenvalue weighted by molar-refractivity contribution is 7.91. The number of sulfonamides is 1. The van der Waals surface area contributed by atoms with Gasteiger partial charge in [-0.25, -0.2) is 17.8 Å². The maximum atomic E-state index is 13.7. The van der Waals surface area contributed by atoms with Gasteiger partial charge in [-0.1, -0.05) is 17.4 Å². The lowest BCUT2D eigenvalue weighted by atomic mass is 9.98. The van der Waals surface area contributed by atoms with Crippen molar-refractivity contribution >= 4 is 54.0 Å². The van der Waals surface area contributed by atoms with Crippen LogP contribution in [0.2, 0.25) is 0 Å². The van der Waals surface area contributed by atoms with E-state index in [9.17, 15) is 17.6 Å². The molecule has 3 aromatic rings. The summed E-state index contributed by atoms with van der Waals surface area (Å²) in [5.41, 5.74) is 0.639. The van der Waals surface area contributed by atoms with Gasteiger partial charge in [0.25, 0.3) is 10.0 Å². The summed E-state index contributed by atoms with van der Waals surface area (Å²) in [5, 5.41) is 2.24. The third-order valence-electron chi connectivity index (χ3n) is 5.43. The fourth-order valence-corrected chi connectivity index (χ4v) is 7.41. The molecule has 0 radical (unpaired) electrons. The van der Waals surface area contributed by atoms with Crippen LogP contribution >= 0.6 is 22.7 Å². The van der Waals surface area contributed by atoms with Gasteiger partial charge in [0.2, 0.25) is 5.91 Å². The van der Waals surface area contributed by atoms with E-state index in [4.69, 9.17) is 0 Å². The lowest BCUT2D eigenvalue weighted by Crippen LogP contribution is -2.48. The van der Waals surface area contributed by atoms with E-state index in [0.29, 0.717) is 52.0 Å². The van der Waals surface area contributed by atoms with Gasteiger partial charge < -0.3 is 4.90 Å². The highest BCUT2D eigenvalue weighted by Gasteiger charge is 2.36. The molecule has 1 aromatic carbocycles. The van der Waals surface area contributed by atoms with Gasteiger partial charge >= 0.3 is 0 Å². The van der Waals surface area contributed by atoms with Gasteiger partial charge in [0, 0.05) is 26.2 Å². The molecule has 32 heavy (non-hydrogen) atoms. The first-order valence-corrected chi connectivity index (χ1v) is 13.4. The van der Waals surface area contributed by atoms with Gasteiger partial charge in [0.05, 0.1) is 16.1 Å². The summed E-state index contributed by atoms with van der Waals surface area (Å²) in [5.74, 6) is -0.942. The third kappa shape index (κ3) is 4.86. The van der Waals surface area contributed by atoms with Crippen molar-refractivity contribution in [1.82, 2.24) is 14.2 Å². The normalized spacial score (nSPS) is 17.8. The van der Waals surface area contributed by atoms with Crippen LogP contribution in [0.1, 0.15) is 12.8 Å². The summed E-state index contributed by atoms with van der Waals surface area (Å²) in [6, 6.07) is 7.68. The fourth-order valence-electron chi connectivity index (χ4n) is 3.72. The molecule has 1 amide bonds. The zero-order valence-corrected chi connectivity index (χ0v) is 20.3. The van der Waals surface area contributed by atoms with Crippen LogP contribution in [-0.4, -0.2) is 68.8 Å². The molecule has 3 heterocycles. The number of likely N-dealkylation sites (N-methyl/N-ethyl adjacent to an activating group) is 1. The van der Waals surface area contributed by atoms with Gasteiger partial charge in [-0.3, -0.25) is 9.69 Å². The molecule has 1 aliphatic rings. The minimum Gasteiger partial charge on any atom is -0.308 e. The van der Waals surface area contributed by atoms with Crippen molar-refractivity contribution in [3.05, 3.63) is 41.5 Å². The van der Waals surface area contributed by atoms with E-state index in [1.165, 1.54) is 39.1 Å². The van der Waals surface area contributed by atoms with Crippen molar-refractivity contribution in [3.63, 3.8) is 0 Å². The smallest absolute Gasteiger partial charge is 0.252 e. The summed E-state index contributed by atoms with van der Waals surface area (Å²) in [7, 11) is 0.238. The number of benzene rings is 1. The SMILES string of the molecule is CN(C)CCN(C(=O)C1CCCN(S(=O)(=O)c2cccs2)C1)c1nc2ccc(F)cc2s1. The monoisotopic (exact) mass is 496 g/mol. The first kappa shape index (κ1) is 23.2. The van der Waals surface area contributed by atoms with Crippen LogP contribution < -0.4 is 4.90 Å². The number of thiazole rings is 1. The molecule has 0 bridgehead atoms. The first-order valence-electron chi connectivity index (χ1n) is 10.3. The maximum Gasteiger partial charge on any atom is 0.252 e. The van der Waals surface area contributed by atoms with Gasteiger partial charge in [-0.15, -0.1) is 11.3 Å². The van der Waals surface area contributed by atoms with Crippen molar-refractivity contribution < 1.29 is 17.6 Å². The Morgan fingerprint density at radius 3 is 2.81 bits per heavy atom. The molecule has 2 aromatic heterocycles. The number of piperidine rings is 1. The number of carbonyl (C=O) groups excluding carboxylic acids is 1. The average molecular weight is 497 g/mol. The zero-order chi connectivity index (χ0) is 22.9. The van der Waals surface area contributed by atoms with E-state index in [1.54, 1.807) is 28.5 Å². The summed E-state index contributed by atoms with van der Waals surface area (Å²) in [6.45, 7) is 1.60. The van der Waals surface area contributed by atoms with Crippen LogP contribution in [0.3, 0.4) is 0 Å². The molecule has 4 rings (SSSR count). The van der Waals surface area contributed by atoms with Gasteiger partial charge in [0.15, 0.2) is 5.13 Å². The molecule has 1 atom stereocenters. The van der Waals surface area contributed by atoms with Gasteiger partial charge in [0.1, 0.15) is 10.0 Å². The van der Waals surface area contributed by atoms with Crippen LogP contribution in [0.25, 0.3) is 10.2 Å². The summed E-state index contributed by atoms with van der Waals surface area (Å²) >= 11 is 2.45. The Kier molecular flexibility index (Phi) is 6.91. The van der Waals surface area contributed by atoms with E-state index in [-0.39, 0.29) is 18.3 Å². The highest BCUT2D eigenvalue weighted by atomic mass is 32.2. The van der Waals surface area contributed by atoms with E-state index in [2.05, 4.69) is 4.98 Å². The van der Waals surface area contributed by atoms with E-state index >= 15 is 0 Å². The number of thiophene rings is 1. The fraction of sp³-hybridized carbons (Fsp3) is 0.429. The molecule has 1 unspecified atom stereocenters. The Bertz CT molecular complexity index is 1190. The molecule has 172 valence electrons. The predicted octanol–water partition coefficient (Wildman–Crippen LogP) is 3.49. The second-order valence-electron chi connectivity index (χ2n) is 8.04. The van der Waals surface area contributed by atoms with E-state index in [0.717, 1.165) is 0 Å². The summed E-state index contributed by atoms with van der Waals surface area (Å²) in [6.07, 6.45) is 1.24. The Labute approximate surface area is 195 Å². The van der Waals surface area contributed by atoms with Crippen molar-refractivity contribution in [2.45, 2.75) is 17.1 Å². The van der Waals surface area contributed by atoms with E-state index < -0.39 is 15.9 Å². The molecule has 0 aliphatic carbocycles. The van der Waals surface area contributed by atoms with Crippen LogP contribution in [0.15, 0.2) is 39.9 Å². The second-order valence-corrected chi connectivity index (χ2v) is 12.2. The topological polar surface area (TPSA) is 73.8 Å². The molecule has 0 N–H and O–H groups in total. The van der Waals surface area contributed by atoms with Crippen LogP contribution in [-0.2, 0) is 14.8 Å². The predicted molar refractivity (Wildman–Crippen MR) is 126 cm³/mol. The number of amides is 1. The number of carbonyl (C=O) groups is 1. The number of rotatable bonds is 7. The standard InChI is InChI=1S/C21H25FN4O3S3/c1-24(2)10-11-26(21-23-17-8-7-16(22)13-18(17)31-21)20(27)15-5-3-9-25(14-15)32(28,29)19-6-4-12-30-19/h4,6-8,12-13,15H,3,5,9-11,14H2,1-2H3. The van der Waals surface area contributed by atoms with Gasteiger partial charge in [-0.2, -0.15) is 4.31 Å². The number of nitrogens with zero attached hydrogens (tertiary/aromatic N) is 4. The molecule has 7 nitrogen and oxygen atoms in total. The quantitative estimate of drug-likeness (QED) is 0.501. The molecule has 11 heteroatoms. The van der Waals surface area contributed by atoms with Crippen molar-refractivity contribution in [2.75, 3.05) is 45.2 Å². The lowest BCUT2D eigenvalue weighted by Gasteiger charge is -2.33. The lowest BCUT2D eigenvalue weighted by molar-refractivity contribution is -0.123. The summed E-state index contributed by atoms with van der Waals surface area (Å²) < 4.78 is 42.0. The van der Waals surface area contributed by atoms with Crippen LogP contribution in [0.4, 0.5) is 9.52 Å². The average Bonchev–Trinajstić information content (AvgIpc) is 3.44. The van der Waals surface area contributed by atoms with Crippen molar-refractivity contribution in [3.8, 4) is 0 Å². The Morgan fingerprint density at radius 2 is 2.09 bits per heavy atom. The molecular weight excluding hydrogens is 471 g/mol.